The summed E-state index contributed by atoms with van der Waals surface area (Å²) in [6, 6.07) is 6.84. The molecule has 2 aromatic rings. The standard InChI is InChI=1S/C18H20Cl2N4O/c1-11-6-8-24(9-7-11)16-10-15(21-12(2)22-16)18(25)23-14-5-3-4-13(19)17(14)20/h3-5,10-11H,6-9H2,1-2H3,(H,23,25). The van der Waals surface area contributed by atoms with Gasteiger partial charge in [-0.3, -0.25) is 4.79 Å². The number of nitrogens with zero attached hydrogens (tertiary/aromatic N) is 3. The Labute approximate surface area is 157 Å². The molecule has 1 amide bonds. The van der Waals surface area contributed by atoms with Crippen LogP contribution in [0.1, 0.15) is 36.1 Å². The maximum Gasteiger partial charge on any atom is 0.274 e. The number of nitrogens with one attached hydrogen (secondary N) is 1. The summed E-state index contributed by atoms with van der Waals surface area (Å²) >= 11 is 12.1. The Kier molecular flexibility index (Phi) is 5.45. The number of amides is 1. The minimum absolute atomic E-state index is 0.313. The van der Waals surface area contributed by atoms with Gasteiger partial charge in [-0.1, -0.05) is 36.2 Å². The van der Waals surface area contributed by atoms with Gasteiger partial charge in [0, 0.05) is 19.2 Å². The first-order valence-electron chi connectivity index (χ1n) is 8.30. The second-order valence-electron chi connectivity index (χ2n) is 6.38. The highest BCUT2D eigenvalue weighted by Gasteiger charge is 2.20. The van der Waals surface area contributed by atoms with E-state index < -0.39 is 0 Å². The van der Waals surface area contributed by atoms with Crippen molar-refractivity contribution in [2.45, 2.75) is 26.7 Å². The zero-order chi connectivity index (χ0) is 18.0. The Morgan fingerprint density at radius 3 is 2.68 bits per heavy atom. The normalized spacial score (nSPS) is 15.3. The third-order valence-corrected chi connectivity index (χ3v) is 5.18. The molecule has 1 fully saturated rings. The van der Waals surface area contributed by atoms with E-state index in [1.165, 1.54) is 0 Å². The molecule has 0 radical (unpaired) electrons. The van der Waals surface area contributed by atoms with E-state index in [0.717, 1.165) is 37.7 Å². The van der Waals surface area contributed by atoms with Gasteiger partial charge >= 0.3 is 0 Å². The summed E-state index contributed by atoms with van der Waals surface area (Å²) in [5.74, 6) is 1.76. The van der Waals surface area contributed by atoms with E-state index in [0.29, 0.717) is 27.3 Å². The van der Waals surface area contributed by atoms with Crippen LogP contribution < -0.4 is 10.2 Å². The van der Waals surface area contributed by atoms with E-state index in [2.05, 4.69) is 27.1 Å². The third kappa shape index (κ3) is 4.22. The van der Waals surface area contributed by atoms with Crippen LogP contribution in [0.5, 0.6) is 0 Å². The third-order valence-electron chi connectivity index (χ3n) is 4.36. The van der Waals surface area contributed by atoms with Gasteiger partial charge in [0.05, 0.1) is 15.7 Å². The number of hydrogen-bond donors (Lipinski definition) is 1. The molecular formula is C18H20Cl2N4O. The van der Waals surface area contributed by atoms with Crippen molar-refractivity contribution in [3.05, 3.63) is 45.8 Å². The lowest BCUT2D eigenvalue weighted by Gasteiger charge is -2.31. The summed E-state index contributed by atoms with van der Waals surface area (Å²) < 4.78 is 0. The molecule has 0 bridgehead atoms. The van der Waals surface area contributed by atoms with Crippen molar-refractivity contribution in [1.29, 1.82) is 0 Å². The van der Waals surface area contributed by atoms with Crippen molar-refractivity contribution < 1.29 is 4.79 Å². The molecule has 7 heteroatoms. The minimum Gasteiger partial charge on any atom is -0.356 e. The van der Waals surface area contributed by atoms with Gasteiger partial charge in [-0.25, -0.2) is 9.97 Å². The Bertz CT molecular complexity index is 789. The van der Waals surface area contributed by atoms with Crippen LogP contribution in [0, 0.1) is 12.8 Å². The molecule has 1 aromatic carbocycles. The van der Waals surface area contributed by atoms with E-state index in [9.17, 15) is 4.79 Å². The summed E-state index contributed by atoms with van der Waals surface area (Å²) in [6.45, 7) is 5.94. The van der Waals surface area contributed by atoms with Crippen LogP contribution in [0.2, 0.25) is 10.0 Å². The smallest absolute Gasteiger partial charge is 0.274 e. The van der Waals surface area contributed by atoms with Gasteiger partial charge in [0.25, 0.3) is 5.91 Å². The topological polar surface area (TPSA) is 58.1 Å². The van der Waals surface area contributed by atoms with Crippen molar-refractivity contribution in [2.75, 3.05) is 23.3 Å². The highest BCUT2D eigenvalue weighted by atomic mass is 35.5. The number of benzene rings is 1. The second-order valence-corrected chi connectivity index (χ2v) is 7.17. The molecule has 1 N–H and O–H groups in total. The first kappa shape index (κ1) is 18.0. The Morgan fingerprint density at radius 2 is 1.96 bits per heavy atom. The molecule has 132 valence electrons. The largest absolute Gasteiger partial charge is 0.356 e. The van der Waals surface area contributed by atoms with Crippen molar-refractivity contribution in [3.8, 4) is 0 Å². The van der Waals surface area contributed by atoms with Crippen LogP contribution >= 0.6 is 23.2 Å². The van der Waals surface area contributed by atoms with Gasteiger partial charge in [0.15, 0.2) is 0 Å². The van der Waals surface area contributed by atoms with Crippen molar-refractivity contribution in [1.82, 2.24) is 9.97 Å². The zero-order valence-electron chi connectivity index (χ0n) is 14.2. The summed E-state index contributed by atoms with van der Waals surface area (Å²) in [5.41, 5.74) is 0.779. The molecule has 0 spiro atoms. The molecule has 0 atom stereocenters. The lowest BCUT2D eigenvalue weighted by atomic mass is 9.99. The van der Waals surface area contributed by atoms with Crippen molar-refractivity contribution in [3.63, 3.8) is 0 Å². The molecule has 0 unspecified atom stereocenters. The van der Waals surface area contributed by atoms with Crippen LogP contribution in [0.3, 0.4) is 0 Å². The number of carbonyl (C=O) groups excluding carboxylic acids is 1. The number of piperidine rings is 1. The Balaban J connectivity index is 1.82. The molecule has 1 aromatic heterocycles. The fourth-order valence-electron chi connectivity index (χ4n) is 2.85. The van der Waals surface area contributed by atoms with Crippen LogP contribution in [-0.2, 0) is 0 Å². The number of rotatable bonds is 3. The number of hydrogen-bond acceptors (Lipinski definition) is 4. The van der Waals surface area contributed by atoms with Gasteiger partial charge in [-0.05, 0) is 37.8 Å². The van der Waals surface area contributed by atoms with Gasteiger partial charge in [-0.2, -0.15) is 0 Å². The van der Waals surface area contributed by atoms with E-state index in [1.54, 1.807) is 31.2 Å². The number of aryl methyl sites for hydroxylation is 1. The lowest BCUT2D eigenvalue weighted by molar-refractivity contribution is 0.102. The molecule has 1 aliphatic heterocycles. The molecule has 0 saturated carbocycles. The molecule has 25 heavy (non-hydrogen) atoms. The predicted molar refractivity (Wildman–Crippen MR) is 102 cm³/mol. The molecule has 1 aliphatic rings. The molecule has 1 saturated heterocycles. The summed E-state index contributed by atoms with van der Waals surface area (Å²) in [4.78, 5) is 23.6. The minimum atomic E-state index is -0.332. The first-order chi connectivity index (χ1) is 11.9. The van der Waals surface area contributed by atoms with Crippen molar-refractivity contribution in [2.24, 2.45) is 5.92 Å². The van der Waals surface area contributed by atoms with Crippen molar-refractivity contribution >= 4 is 40.6 Å². The first-order valence-corrected chi connectivity index (χ1v) is 9.05. The fourth-order valence-corrected chi connectivity index (χ4v) is 3.20. The quantitative estimate of drug-likeness (QED) is 0.848. The van der Waals surface area contributed by atoms with E-state index >= 15 is 0 Å². The van der Waals surface area contributed by atoms with Gasteiger partial charge in [0.2, 0.25) is 0 Å². The molecule has 5 nitrogen and oxygen atoms in total. The highest BCUT2D eigenvalue weighted by Crippen LogP contribution is 2.30. The second kappa shape index (κ2) is 7.58. The molecule has 2 heterocycles. The number of aromatic nitrogens is 2. The van der Waals surface area contributed by atoms with Gasteiger partial charge in [0.1, 0.15) is 17.3 Å². The van der Waals surface area contributed by atoms with Gasteiger partial charge in [-0.15, -0.1) is 0 Å². The van der Waals surface area contributed by atoms with Gasteiger partial charge < -0.3 is 10.2 Å². The SMILES string of the molecule is Cc1nc(C(=O)Nc2cccc(Cl)c2Cl)cc(N2CCC(C)CC2)n1. The average molecular weight is 379 g/mol. The van der Waals surface area contributed by atoms with E-state index in [-0.39, 0.29) is 5.91 Å². The zero-order valence-corrected chi connectivity index (χ0v) is 15.7. The average Bonchev–Trinajstić information content (AvgIpc) is 2.59. The predicted octanol–water partition coefficient (Wildman–Crippen LogP) is 4.58. The highest BCUT2D eigenvalue weighted by molar-refractivity contribution is 6.44. The Hall–Kier alpha value is -1.85. The lowest BCUT2D eigenvalue weighted by Crippen LogP contribution is -2.34. The number of anilines is 2. The molecular weight excluding hydrogens is 359 g/mol. The number of halogens is 2. The summed E-state index contributed by atoms with van der Waals surface area (Å²) in [7, 11) is 0. The number of carbonyl (C=O) groups is 1. The van der Waals surface area contributed by atoms with Crippen LogP contribution in [0.25, 0.3) is 0 Å². The Morgan fingerprint density at radius 1 is 1.24 bits per heavy atom. The summed E-state index contributed by atoms with van der Waals surface area (Å²) in [6.07, 6.45) is 2.26. The summed E-state index contributed by atoms with van der Waals surface area (Å²) in [5, 5.41) is 3.47. The van der Waals surface area contributed by atoms with E-state index in [4.69, 9.17) is 23.2 Å². The van der Waals surface area contributed by atoms with Crippen LogP contribution in [0.4, 0.5) is 11.5 Å². The van der Waals surface area contributed by atoms with Crippen LogP contribution in [0.15, 0.2) is 24.3 Å². The molecule has 3 rings (SSSR count). The maximum absolute atomic E-state index is 12.6. The fraction of sp³-hybridized carbons (Fsp3) is 0.389. The molecule has 0 aliphatic carbocycles. The maximum atomic E-state index is 12.6. The van der Waals surface area contributed by atoms with E-state index in [1.807, 2.05) is 0 Å². The van der Waals surface area contributed by atoms with Crippen LogP contribution in [-0.4, -0.2) is 29.0 Å². The monoisotopic (exact) mass is 378 g/mol.